The van der Waals surface area contributed by atoms with Gasteiger partial charge in [-0.25, -0.2) is 4.79 Å². The van der Waals surface area contributed by atoms with Crippen LogP contribution in [0.25, 0.3) is 0 Å². The summed E-state index contributed by atoms with van der Waals surface area (Å²) in [6.07, 6.45) is 2.14. The molecule has 0 aromatic heterocycles. The Bertz CT molecular complexity index is 400. The van der Waals surface area contributed by atoms with E-state index in [2.05, 4.69) is 10.2 Å². The highest BCUT2D eigenvalue weighted by Crippen LogP contribution is 2.15. The molecule has 2 unspecified atom stereocenters. The molecule has 2 N–H and O–H groups in total. The van der Waals surface area contributed by atoms with Crippen LogP contribution in [-0.4, -0.2) is 66.0 Å². The van der Waals surface area contributed by atoms with Crippen LogP contribution < -0.4 is 5.32 Å². The summed E-state index contributed by atoms with van der Waals surface area (Å²) in [5.74, 6) is -1.66. The van der Waals surface area contributed by atoms with Gasteiger partial charge in [-0.2, -0.15) is 0 Å². The number of urea groups is 1. The summed E-state index contributed by atoms with van der Waals surface area (Å²) in [6, 6.07) is -0.0930. The molecule has 3 amide bonds. The number of hydrogen-bond donors (Lipinski definition) is 2. The molecule has 120 valence electrons. The maximum absolute atomic E-state index is 11.9. The highest BCUT2D eigenvalue weighted by Gasteiger charge is 2.24. The van der Waals surface area contributed by atoms with E-state index in [9.17, 15) is 14.4 Å². The third-order valence-electron chi connectivity index (χ3n) is 3.81. The first-order chi connectivity index (χ1) is 9.79. The molecule has 1 heterocycles. The van der Waals surface area contributed by atoms with Gasteiger partial charge >= 0.3 is 12.0 Å². The minimum absolute atomic E-state index is 0.0369. The summed E-state index contributed by atoms with van der Waals surface area (Å²) >= 11 is 0. The zero-order chi connectivity index (χ0) is 16.0. The Kier molecular flexibility index (Phi) is 6.61. The number of carboxylic acids is 1. The van der Waals surface area contributed by atoms with E-state index in [0.717, 1.165) is 19.4 Å². The molecule has 0 radical (unpaired) electrons. The monoisotopic (exact) mass is 299 g/mol. The summed E-state index contributed by atoms with van der Waals surface area (Å²) in [7, 11) is 3.69. The Balaban J connectivity index is 2.34. The van der Waals surface area contributed by atoms with E-state index in [4.69, 9.17) is 5.11 Å². The first-order valence-corrected chi connectivity index (χ1v) is 7.26. The van der Waals surface area contributed by atoms with E-state index in [1.165, 1.54) is 4.90 Å². The van der Waals surface area contributed by atoms with Crippen LogP contribution in [0, 0.1) is 5.92 Å². The number of carbonyl (C=O) groups is 3. The van der Waals surface area contributed by atoms with Crippen LogP contribution in [-0.2, 0) is 9.59 Å². The van der Waals surface area contributed by atoms with Crippen LogP contribution in [0.5, 0.6) is 0 Å². The van der Waals surface area contributed by atoms with E-state index in [-0.39, 0.29) is 18.8 Å². The van der Waals surface area contributed by atoms with Crippen molar-refractivity contribution >= 4 is 17.9 Å². The Morgan fingerprint density at radius 3 is 2.57 bits per heavy atom. The molecule has 0 spiro atoms. The number of hydrogen-bond acceptors (Lipinski definition) is 4. The van der Waals surface area contributed by atoms with Crippen molar-refractivity contribution in [3.05, 3.63) is 0 Å². The van der Waals surface area contributed by atoms with Gasteiger partial charge in [-0.3, -0.25) is 14.9 Å². The number of aliphatic carboxylic acids is 1. The Morgan fingerprint density at radius 2 is 2.05 bits per heavy atom. The number of likely N-dealkylation sites (tertiary alicyclic amines) is 1. The normalized spacial score (nSPS) is 20.0. The lowest BCUT2D eigenvalue weighted by Gasteiger charge is -2.25. The summed E-state index contributed by atoms with van der Waals surface area (Å²) in [5.41, 5.74) is 0. The summed E-state index contributed by atoms with van der Waals surface area (Å²) < 4.78 is 0. The van der Waals surface area contributed by atoms with Gasteiger partial charge in [0.05, 0.1) is 0 Å². The lowest BCUT2D eigenvalue weighted by molar-refractivity contribution is -0.138. The van der Waals surface area contributed by atoms with Crippen molar-refractivity contribution in [3.63, 3.8) is 0 Å². The molecule has 0 aromatic rings. The third kappa shape index (κ3) is 6.12. The lowest BCUT2D eigenvalue weighted by Crippen LogP contribution is -2.46. The van der Waals surface area contributed by atoms with Gasteiger partial charge in [0.1, 0.15) is 0 Å². The molecule has 1 aliphatic heterocycles. The fraction of sp³-hybridized carbons (Fsp3) is 0.786. The van der Waals surface area contributed by atoms with Crippen molar-refractivity contribution in [2.24, 2.45) is 5.92 Å². The van der Waals surface area contributed by atoms with Gasteiger partial charge in [0.25, 0.3) is 0 Å². The van der Waals surface area contributed by atoms with Gasteiger partial charge in [0.15, 0.2) is 0 Å². The second kappa shape index (κ2) is 7.97. The number of carbonyl (C=O) groups excluding carboxylic acids is 2. The van der Waals surface area contributed by atoms with Crippen molar-refractivity contribution in [2.75, 3.05) is 27.2 Å². The zero-order valence-electron chi connectivity index (χ0n) is 13.0. The molecule has 0 aromatic carbocycles. The molecule has 0 bridgehead atoms. The minimum atomic E-state index is -0.942. The quantitative estimate of drug-likeness (QED) is 0.755. The first-order valence-electron chi connectivity index (χ1n) is 7.26. The van der Waals surface area contributed by atoms with Gasteiger partial charge in [-0.1, -0.05) is 6.92 Å². The van der Waals surface area contributed by atoms with Crippen molar-refractivity contribution in [1.82, 2.24) is 15.1 Å². The average Bonchev–Trinajstić information content (AvgIpc) is 2.73. The predicted molar refractivity (Wildman–Crippen MR) is 77.9 cm³/mol. The third-order valence-corrected chi connectivity index (χ3v) is 3.81. The molecule has 7 heteroatoms. The summed E-state index contributed by atoms with van der Waals surface area (Å²) in [6.45, 7) is 3.29. The van der Waals surface area contributed by atoms with Gasteiger partial charge in [0.2, 0.25) is 5.91 Å². The van der Waals surface area contributed by atoms with Crippen LogP contribution in [0.15, 0.2) is 0 Å². The Morgan fingerprint density at radius 1 is 1.38 bits per heavy atom. The molecule has 1 aliphatic rings. The summed E-state index contributed by atoms with van der Waals surface area (Å²) in [4.78, 5) is 37.8. The van der Waals surface area contributed by atoms with Crippen LogP contribution >= 0.6 is 0 Å². The molecular formula is C14H25N3O4. The number of nitrogens with one attached hydrogen (secondary N) is 1. The van der Waals surface area contributed by atoms with Crippen molar-refractivity contribution in [3.8, 4) is 0 Å². The van der Waals surface area contributed by atoms with E-state index in [1.807, 2.05) is 7.05 Å². The molecule has 0 aliphatic carbocycles. The highest BCUT2D eigenvalue weighted by molar-refractivity contribution is 5.94. The fourth-order valence-corrected chi connectivity index (χ4v) is 2.56. The first kappa shape index (κ1) is 17.4. The van der Waals surface area contributed by atoms with Crippen LogP contribution in [0.3, 0.4) is 0 Å². The second-order valence-corrected chi connectivity index (χ2v) is 5.92. The number of rotatable bonds is 6. The maximum atomic E-state index is 11.9. The van der Waals surface area contributed by atoms with Gasteiger partial charge in [0, 0.05) is 32.5 Å². The number of carboxylic acid groups (broad SMARTS) is 1. The number of likely N-dealkylation sites (N-methyl/N-ethyl adjacent to an activating group) is 2. The number of amides is 3. The Hall–Kier alpha value is -1.63. The van der Waals surface area contributed by atoms with Gasteiger partial charge < -0.3 is 14.9 Å². The average molecular weight is 299 g/mol. The largest absolute Gasteiger partial charge is 0.481 e. The smallest absolute Gasteiger partial charge is 0.323 e. The van der Waals surface area contributed by atoms with E-state index < -0.39 is 17.9 Å². The van der Waals surface area contributed by atoms with Gasteiger partial charge in [-0.15, -0.1) is 0 Å². The molecular weight excluding hydrogens is 274 g/mol. The molecule has 0 saturated carbocycles. The van der Waals surface area contributed by atoms with E-state index in [1.54, 1.807) is 14.0 Å². The summed E-state index contributed by atoms with van der Waals surface area (Å²) in [5, 5.41) is 10.9. The van der Waals surface area contributed by atoms with E-state index >= 15 is 0 Å². The molecule has 21 heavy (non-hydrogen) atoms. The maximum Gasteiger partial charge on any atom is 0.323 e. The predicted octanol–water partition coefficient (Wildman–Crippen LogP) is 0.750. The minimum Gasteiger partial charge on any atom is -0.481 e. The Labute approximate surface area is 125 Å². The fourth-order valence-electron chi connectivity index (χ4n) is 2.56. The van der Waals surface area contributed by atoms with Crippen LogP contribution in [0.1, 0.15) is 32.6 Å². The molecule has 2 atom stereocenters. The zero-order valence-corrected chi connectivity index (χ0v) is 13.0. The van der Waals surface area contributed by atoms with Crippen LogP contribution in [0.2, 0.25) is 0 Å². The van der Waals surface area contributed by atoms with Crippen molar-refractivity contribution in [2.45, 2.75) is 38.6 Å². The number of nitrogens with zero attached hydrogens (tertiary/aromatic N) is 2. The van der Waals surface area contributed by atoms with Crippen molar-refractivity contribution in [1.29, 1.82) is 0 Å². The van der Waals surface area contributed by atoms with E-state index in [0.29, 0.717) is 12.6 Å². The topological polar surface area (TPSA) is 89.9 Å². The molecule has 1 rings (SSSR count). The van der Waals surface area contributed by atoms with Crippen molar-refractivity contribution < 1.29 is 19.5 Å². The number of imide groups is 1. The standard InChI is InChI=1S/C14H25N3O4/c1-10(8-13(19)20)7-12(18)15-14(21)17(3)9-11-5-4-6-16(11)2/h10-11H,4-9H2,1-3H3,(H,19,20)(H,15,18,21). The second-order valence-electron chi connectivity index (χ2n) is 5.92. The molecule has 7 nitrogen and oxygen atoms in total. The molecule has 1 fully saturated rings. The highest BCUT2D eigenvalue weighted by atomic mass is 16.4. The lowest BCUT2D eigenvalue weighted by atomic mass is 10.0. The van der Waals surface area contributed by atoms with Crippen LogP contribution in [0.4, 0.5) is 4.79 Å². The molecule has 1 saturated heterocycles. The van der Waals surface area contributed by atoms with Gasteiger partial charge in [-0.05, 0) is 32.4 Å². The SMILES string of the molecule is CC(CC(=O)O)CC(=O)NC(=O)N(C)CC1CCCN1C.